The van der Waals surface area contributed by atoms with E-state index in [0.29, 0.717) is 6.42 Å². The molecule has 0 aliphatic rings. The average Bonchev–Trinajstić information content (AvgIpc) is 2.38. The highest BCUT2D eigenvalue weighted by molar-refractivity contribution is 5.29. The zero-order chi connectivity index (χ0) is 12.1. The van der Waals surface area contributed by atoms with Crippen LogP contribution in [0.1, 0.15) is 22.7 Å². The first-order chi connectivity index (χ1) is 8.29. The predicted octanol–water partition coefficient (Wildman–Crippen LogP) is 3.24. The smallest absolute Gasteiger partial charge is 0.0768 e. The Morgan fingerprint density at radius 2 is 1.94 bits per heavy atom. The van der Waals surface area contributed by atoms with Gasteiger partial charge in [0, 0.05) is 18.3 Å². The molecule has 1 unspecified atom stereocenters. The van der Waals surface area contributed by atoms with Crippen LogP contribution in [0.5, 0.6) is 0 Å². The topological polar surface area (TPSA) is 36.7 Å². The number of aryl methyl sites for hydroxylation is 1. The molecule has 0 aliphatic heterocycles. The summed E-state index contributed by atoms with van der Waals surface area (Å²) >= 11 is 0. The summed E-state index contributed by atoms with van der Waals surface area (Å²) in [7, 11) is 0. The summed E-state index contributed by atoms with van der Waals surface area (Å²) in [6, 6.07) is 16.3. The SMILES string of the molecule is Cc1ccc(C(C#N)Cc2ccccn2)cc1. The molecule has 0 aliphatic carbocycles. The molecule has 2 nitrogen and oxygen atoms in total. The fourth-order valence-corrected chi connectivity index (χ4v) is 1.76. The minimum atomic E-state index is -0.120. The fourth-order valence-electron chi connectivity index (χ4n) is 1.76. The Kier molecular flexibility index (Phi) is 3.52. The van der Waals surface area contributed by atoms with Gasteiger partial charge >= 0.3 is 0 Å². The highest BCUT2D eigenvalue weighted by atomic mass is 14.7. The number of hydrogen-bond acceptors (Lipinski definition) is 2. The molecule has 1 heterocycles. The standard InChI is InChI=1S/C15H14N2/c1-12-5-7-13(8-6-12)14(11-16)10-15-4-2-3-9-17-15/h2-9,14H,10H2,1H3. The van der Waals surface area contributed by atoms with E-state index >= 15 is 0 Å². The van der Waals surface area contributed by atoms with Gasteiger partial charge in [0.2, 0.25) is 0 Å². The van der Waals surface area contributed by atoms with E-state index in [0.717, 1.165) is 11.3 Å². The number of nitrogens with zero attached hydrogens (tertiary/aromatic N) is 2. The van der Waals surface area contributed by atoms with Crippen molar-refractivity contribution in [1.29, 1.82) is 5.26 Å². The van der Waals surface area contributed by atoms with Crippen molar-refractivity contribution in [1.82, 2.24) is 4.98 Å². The van der Waals surface area contributed by atoms with Gasteiger partial charge < -0.3 is 0 Å². The van der Waals surface area contributed by atoms with Crippen LogP contribution in [0.25, 0.3) is 0 Å². The highest BCUT2D eigenvalue weighted by Gasteiger charge is 2.11. The van der Waals surface area contributed by atoms with Gasteiger partial charge in [-0.2, -0.15) is 5.26 Å². The molecule has 2 rings (SSSR count). The van der Waals surface area contributed by atoms with E-state index < -0.39 is 0 Å². The molecule has 2 heteroatoms. The minimum Gasteiger partial charge on any atom is -0.261 e. The predicted molar refractivity (Wildman–Crippen MR) is 67.5 cm³/mol. The zero-order valence-electron chi connectivity index (χ0n) is 9.80. The lowest BCUT2D eigenvalue weighted by Gasteiger charge is -2.09. The Morgan fingerprint density at radius 3 is 2.53 bits per heavy atom. The van der Waals surface area contributed by atoms with Crippen molar-refractivity contribution in [3.05, 3.63) is 65.5 Å². The Bertz CT molecular complexity index is 509. The van der Waals surface area contributed by atoms with Gasteiger partial charge in [-0.15, -0.1) is 0 Å². The van der Waals surface area contributed by atoms with E-state index in [2.05, 4.69) is 11.1 Å². The summed E-state index contributed by atoms with van der Waals surface area (Å²) in [5.74, 6) is -0.120. The number of rotatable bonds is 3. The summed E-state index contributed by atoms with van der Waals surface area (Å²) in [6.45, 7) is 2.05. The van der Waals surface area contributed by atoms with Crippen molar-refractivity contribution in [2.45, 2.75) is 19.3 Å². The molecule has 1 atom stereocenters. The molecule has 1 aromatic carbocycles. The largest absolute Gasteiger partial charge is 0.261 e. The second kappa shape index (κ2) is 5.27. The lowest BCUT2D eigenvalue weighted by atomic mass is 9.95. The molecular weight excluding hydrogens is 208 g/mol. The molecule has 1 aromatic heterocycles. The van der Waals surface area contributed by atoms with Crippen LogP contribution in [0.4, 0.5) is 0 Å². The van der Waals surface area contributed by atoms with Crippen LogP contribution in [0.3, 0.4) is 0 Å². The van der Waals surface area contributed by atoms with Crippen molar-refractivity contribution in [3.63, 3.8) is 0 Å². The van der Waals surface area contributed by atoms with Crippen LogP contribution in [0.2, 0.25) is 0 Å². The number of benzene rings is 1. The van der Waals surface area contributed by atoms with Gasteiger partial charge in [0.15, 0.2) is 0 Å². The lowest BCUT2D eigenvalue weighted by molar-refractivity contribution is 0.821. The quantitative estimate of drug-likeness (QED) is 0.799. The molecule has 17 heavy (non-hydrogen) atoms. The van der Waals surface area contributed by atoms with Crippen LogP contribution in [-0.4, -0.2) is 4.98 Å². The number of nitriles is 1. The van der Waals surface area contributed by atoms with Crippen LogP contribution in [-0.2, 0) is 6.42 Å². The number of pyridine rings is 1. The molecule has 0 saturated carbocycles. The molecule has 84 valence electrons. The molecule has 0 spiro atoms. The van der Waals surface area contributed by atoms with Crippen LogP contribution >= 0.6 is 0 Å². The van der Waals surface area contributed by atoms with Crippen molar-refractivity contribution < 1.29 is 0 Å². The Morgan fingerprint density at radius 1 is 1.18 bits per heavy atom. The van der Waals surface area contributed by atoms with Crippen molar-refractivity contribution in [3.8, 4) is 6.07 Å². The fraction of sp³-hybridized carbons (Fsp3) is 0.200. The van der Waals surface area contributed by atoms with E-state index in [1.54, 1.807) is 6.20 Å². The Balaban J connectivity index is 2.18. The maximum Gasteiger partial charge on any atom is 0.0768 e. The van der Waals surface area contributed by atoms with E-state index in [-0.39, 0.29) is 5.92 Å². The normalized spacial score (nSPS) is 11.8. The molecule has 0 fully saturated rings. The van der Waals surface area contributed by atoms with Crippen LogP contribution < -0.4 is 0 Å². The Hall–Kier alpha value is -2.14. The number of aromatic nitrogens is 1. The van der Waals surface area contributed by atoms with Gasteiger partial charge in [-0.1, -0.05) is 35.9 Å². The first-order valence-electron chi connectivity index (χ1n) is 5.65. The average molecular weight is 222 g/mol. The van der Waals surface area contributed by atoms with Crippen molar-refractivity contribution in [2.24, 2.45) is 0 Å². The number of hydrogen-bond donors (Lipinski definition) is 0. The maximum absolute atomic E-state index is 9.23. The van der Waals surface area contributed by atoms with Gasteiger partial charge in [0.25, 0.3) is 0 Å². The van der Waals surface area contributed by atoms with Gasteiger partial charge in [-0.3, -0.25) is 4.98 Å². The molecule has 0 bridgehead atoms. The lowest BCUT2D eigenvalue weighted by Crippen LogP contribution is -2.01. The minimum absolute atomic E-state index is 0.120. The van der Waals surface area contributed by atoms with Crippen LogP contribution in [0.15, 0.2) is 48.7 Å². The Labute approximate surface area is 102 Å². The van der Waals surface area contributed by atoms with Gasteiger partial charge in [0.05, 0.1) is 12.0 Å². The maximum atomic E-state index is 9.23. The summed E-state index contributed by atoms with van der Waals surface area (Å²) in [5.41, 5.74) is 3.23. The molecule has 0 amide bonds. The molecule has 0 N–H and O–H groups in total. The van der Waals surface area contributed by atoms with E-state index in [1.165, 1.54) is 5.56 Å². The van der Waals surface area contributed by atoms with Crippen molar-refractivity contribution in [2.75, 3.05) is 0 Å². The third kappa shape index (κ3) is 2.92. The third-order valence-electron chi connectivity index (χ3n) is 2.77. The highest BCUT2D eigenvalue weighted by Crippen LogP contribution is 2.19. The second-order valence-electron chi connectivity index (χ2n) is 4.12. The monoisotopic (exact) mass is 222 g/mol. The second-order valence-corrected chi connectivity index (χ2v) is 4.12. The summed E-state index contributed by atoms with van der Waals surface area (Å²) < 4.78 is 0. The first kappa shape index (κ1) is 11.3. The van der Waals surface area contributed by atoms with Crippen molar-refractivity contribution >= 4 is 0 Å². The molecular formula is C15H14N2. The van der Waals surface area contributed by atoms with E-state index in [1.807, 2.05) is 49.4 Å². The summed E-state index contributed by atoms with van der Waals surface area (Å²) in [4.78, 5) is 4.26. The van der Waals surface area contributed by atoms with Gasteiger partial charge in [-0.25, -0.2) is 0 Å². The summed E-state index contributed by atoms with van der Waals surface area (Å²) in [5, 5.41) is 9.23. The van der Waals surface area contributed by atoms with E-state index in [9.17, 15) is 5.26 Å². The van der Waals surface area contributed by atoms with Crippen LogP contribution in [0, 0.1) is 18.3 Å². The van der Waals surface area contributed by atoms with Gasteiger partial charge in [-0.05, 0) is 24.6 Å². The third-order valence-corrected chi connectivity index (χ3v) is 2.77. The molecule has 0 saturated heterocycles. The first-order valence-corrected chi connectivity index (χ1v) is 5.65. The molecule has 2 aromatic rings. The molecule has 0 radical (unpaired) electrons. The van der Waals surface area contributed by atoms with E-state index in [4.69, 9.17) is 0 Å². The summed E-state index contributed by atoms with van der Waals surface area (Å²) in [6.07, 6.45) is 2.43. The van der Waals surface area contributed by atoms with Gasteiger partial charge in [0.1, 0.15) is 0 Å². The zero-order valence-corrected chi connectivity index (χ0v) is 9.80.